The van der Waals surface area contributed by atoms with E-state index < -0.39 is 5.41 Å². The molecule has 9 aromatic carbocycles. The van der Waals surface area contributed by atoms with Crippen LogP contribution in [0.2, 0.25) is 0 Å². The maximum absolute atomic E-state index is 6.77. The zero-order chi connectivity index (χ0) is 37.8. The molecule has 57 heavy (non-hydrogen) atoms. The molecular formula is C55H37NO. The molecule has 10 aromatic rings. The lowest BCUT2D eigenvalue weighted by Crippen LogP contribution is -2.28. The van der Waals surface area contributed by atoms with Crippen LogP contribution < -0.4 is 4.90 Å². The lowest BCUT2D eigenvalue weighted by Gasteiger charge is -2.34. The molecule has 0 N–H and O–H groups in total. The van der Waals surface area contributed by atoms with Gasteiger partial charge in [0.2, 0.25) is 0 Å². The molecular weight excluding hydrogens is 691 g/mol. The van der Waals surface area contributed by atoms with Gasteiger partial charge in [0, 0.05) is 27.8 Å². The lowest BCUT2D eigenvalue weighted by atomic mass is 9.66. The summed E-state index contributed by atoms with van der Waals surface area (Å²) >= 11 is 0. The Bertz CT molecular complexity index is 2910. The van der Waals surface area contributed by atoms with Gasteiger partial charge >= 0.3 is 0 Å². The summed E-state index contributed by atoms with van der Waals surface area (Å²) in [6.45, 7) is 0. The standard InChI is InChI=1S/C55H37NO/c1-4-15-38(16-5-1)40-27-31-43(32-28-40)56(44-33-29-41(30-34-44)39-17-6-2-7-18-39)45-35-36-52-48(37-45)54-51(25-14-26-53(54)57-52)55(42-19-8-3-9-20-42)49-23-12-10-21-46(49)47-22-11-13-24-50(47)55/h1-37H. The maximum Gasteiger partial charge on any atom is 0.135 e. The minimum absolute atomic E-state index is 0.555. The number of rotatable bonds is 7. The number of anilines is 3. The normalized spacial score (nSPS) is 12.7. The molecule has 1 aromatic heterocycles. The topological polar surface area (TPSA) is 16.4 Å². The molecule has 1 aliphatic rings. The Morgan fingerprint density at radius 1 is 0.333 bits per heavy atom. The van der Waals surface area contributed by atoms with Crippen molar-refractivity contribution in [3.8, 4) is 33.4 Å². The summed E-state index contributed by atoms with van der Waals surface area (Å²) in [5.74, 6) is 0. The second kappa shape index (κ2) is 13.4. The second-order valence-corrected chi connectivity index (χ2v) is 14.8. The van der Waals surface area contributed by atoms with Gasteiger partial charge in [-0.15, -0.1) is 0 Å². The molecule has 0 amide bonds. The van der Waals surface area contributed by atoms with E-state index in [1.54, 1.807) is 0 Å². The first-order valence-corrected chi connectivity index (χ1v) is 19.6. The van der Waals surface area contributed by atoms with Gasteiger partial charge in [-0.05, 0) is 104 Å². The number of hydrogen-bond acceptors (Lipinski definition) is 2. The quantitative estimate of drug-likeness (QED) is 0.163. The third kappa shape index (κ3) is 5.26. The van der Waals surface area contributed by atoms with E-state index in [2.05, 4.69) is 229 Å². The molecule has 1 heterocycles. The Hall–Kier alpha value is -7.42. The summed E-state index contributed by atoms with van der Waals surface area (Å²) in [4.78, 5) is 2.36. The molecule has 11 rings (SSSR count). The van der Waals surface area contributed by atoms with Crippen LogP contribution in [-0.2, 0) is 5.41 Å². The van der Waals surface area contributed by atoms with Gasteiger partial charge in [0.1, 0.15) is 11.2 Å². The minimum atomic E-state index is -0.555. The Morgan fingerprint density at radius 2 is 0.789 bits per heavy atom. The largest absolute Gasteiger partial charge is 0.456 e. The van der Waals surface area contributed by atoms with Crippen LogP contribution in [0.5, 0.6) is 0 Å². The zero-order valence-corrected chi connectivity index (χ0v) is 31.2. The molecule has 268 valence electrons. The first-order chi connectivity index (χ1) is 28.3. The molecule has 2 nitrogen and oxygen atoms in total. The Kier molecular flexibility index (Phi) is 7.75. The van der Waals surface area contributed by atoms with Crippen molar-refractivity contribution in [3.63, 3.8) is 0 Å². The van der Waals surface area contributed by atoms with Gasteiger partial charge < -0.3 is 9.32 Å². The van der Waals surface area contributed by atoms with Crippen molar-refractivity contribution < 1.29 is 4.42 Å². The Morgan fingerprint density at radius 3 is 1.35 bits per heavy atom. The molecule has 0 radical (unpaired) electrons. The highest BCUT2D eigenvalue weighted by Crippen LogP contribution is 2.58. The maximum atomic E-state index is 6.77. The summed E-state index contributed by atoms with van der Waals surface area (Å²) in [6.07, 6.45) is 0. The van der Waals surface area contributed by atoms with Gasteiger partial charge in [0.25, 0.3) is 0 Å². The van der Waals surface area contributed by atoms with Crippen LogP contribution in [0.1, 0.15) is 22.3 Å². The second-order valence-electron chi connectivity index (χ2n) is 14.8. The lowest BCUT2D eigenvalue weighted by molar-refractivity contribution is 0.667. The molecule has 0 atom stereocenters. The van der Waals surface area contributed by atoms with Crippen molar-refractivity contribution in [2.75, 3.05) is 4.90 Å². The van der Waals surface area contributed by atoms with E-state index in [1.165, 1.54) is 55.6 Å². The SMILES string of the molecule is c1ccc(-c2ccc(N(c3ccc(-c4ccccc4)cc3)c3ccc4oc5cccc(C6(c7ccccc7)c7ccccc7-c7ccccc76)c5c4c3)cc2)cc1. The first kappa shape index (κ1) is 33.0. The predicted octanol–water partition coefficient (Wildman–Crippen LogP) is 14.8. The van der Waals surface area contributed by atoms with Gasteiger partial charge in [0.15, 0.2) is 0 Å². The number of hydrogen-bond donors (Lipinski definition) is 0. The molecule has 0 saturated carbocycles. The highest BCUT2D eigenvalue weighted by molar-refractivity contribution is 6.10. The van der Waals surface area contributed by atoms with E-state index in [0.29, 0.717) is 0 Å². The van der Waals surface area contributed by atoms with E-state index in [-0.39, 0.29) is 0 Å². The van der Waals surface area contributed by atoms with E-state index in [1.807, 2.05) is 0 Å². The van der Waals surface area contributed by atoms with Gasteiger partial charge in [-0.3, -0.25) is 0 Å². The molecule has 0 aliphatic heterocycles. The molecule has 0 fully saturated rings. The van der Waals surface area contributed by atoms with Crippen LogP contribution in [0.4, 0.5) is 17.1 Å². The average molecular weight is 728 g/mol. The molecule has 0 unspecified atom stereocenters. The van der Waals surface area contributed by atoms with E-state index in [0.717, 1.165) is 39.0 Å². The van der Waals surface area contributed by atoms with Gasteiger partial charge in [-0.2, -0.15) is 0 Å². The fourth-order valence-corrected chi connectivity index (χ4v) is 9.26. The highest BCUT2D eigenvalue weighted by atomic mass is 16.3. The fraction of sp³-hybridized carbons (Fsp3) is 0.0182. The number of furan rings is 1. The van der Waals surface area contributed by atoms with Crippen LogP contribution in [0, 0.1) is 0 Å². The molecule has 2 heteroatoms. The Balaban J connectivity index is 1.14. The van der Waals surface area contributed by atoms with Gasteiger partial charge in [-0.1, -0.05) is 176 Å². The summed E-state index contributed by atoms with van der Waals surface area (Å²) in [5.41, 5.74) is 16.7. The summed E-state index contributed by atoms with van der Waals surface area (Å²) < 4.78 is 6.77. The van der Waals surface area contributed by atoms with Crippen molar-refractivity contribution >= 4 is 39.0 Å². The third-order valence-corrected chi connectivity index (χ3v) is 11.8. The summed E-state index contributed by atoms with van der Waals surface area (Å²) in [6, 6.07) is 81.0. The fourth-order valence-electron chi connectivity index (χ4n) is 9.26. The number of benzene rings is 9. The van der Waals surface area contributed by atoms with Gasteiger partial charge in [0.05, 0.1) is 5.41 Å². The molecule has 0 saturated heterocycles. The van der Waals surface area contributed by atoms with E-state index in [9.17, 15) is 0 Å². The molecule has 1 aliphatic carbocycles. The highest BCUT2D eigenvalue weighted by Gasteiger charge is 2.47. The minimum Gasteiger partial charge on any atom is -0.456 e. The molecule has 0 spiro atoms. The van der Waals surface area contributed by atoms with Crippen LogP contribution in [-0.4, -0.2) is 0 Å². The van der Waals surface area contributed by atoms with E-state index in [4.69, 9.17) is 4.42 Å². The van der Waals surface area contributed by atoms with Crippen molar-refractivity contribution in [3.05, 3.63) is 247 Å². The zero-order valence-electron chi connectivity index (χ0n) is 31.2. The van der Waals surface area contributed by atoms with Crippen molar-refractivity contribution in [2.45, 2.75) is 5.41 Å². The van der Waals surface area contributed by atoms with Crippen molar-refractivity contribution in [1.82, 2.24) is 0 Å². The average Bonchev–Trinajstić information content (AvgIpc) is 3.82. The smallest absolute Gasteiger partial charge is 0.135 e. The number of nitrogens with zero attached hydrogens (tertiary/aromatic N) is 1. The van der Waals surface area contributed by atoms with Crippen molar-refractivity contribution in [2.24, 2.45) is 0 Å². The summed E-state index contributed by atoms with van der Waals surface area (Å²) in [5, 5.41) is 2.21. The summed E-state index contributed by atoms with van der Waals surface area (Å²) in [7, 11) is 0. The predicted molar refractivity (Wildman–Crippen MR) is 237 cm³/mol. The van der Waals surface area contributed by atoms with Crippen LogP contribution in [0.3, 0.4) is 0 Å². The van der Waals surface area contributed by atoms with E-state index >= 15 is 0 Å². The van der Waals surface area contributed by atoms with Gasteiger partial charge in [-0.25, -0.2) is 0 Å². The Labute approximate surface area is 332 Å². The first-order valence-electron chi connectivity index (χ1n) is 19.6. The van der Waals surface area contributed by atoms with Crippen molar-refractivity contribution in [1.29, 1.82) is 0 Å². The third-order valence-electron chi connectivity index (χ3n) is 11.8. The number of fused-ring (bicyclic) bond motifs is 6. The molecule has 0 bridgehead atoms. The van der Waals surface area contributed by atoms with Crippen LogP contribution in [0.15, 0.2) is 229 Å². The van der Waals surface area contributed by atoms with Crippen LogP contribution >= 0.6 is 0 Å². The monoisotopic (exact) mass is 727 g/mol. The van der Waals surface area contributed by atoms with Crippen LogP contribution in [0.25, 0.3) is 55.3 Å².